The summed E-state index contributed by atoms with van der Waals surface area (Å²) in [5, 5.41) is 2.50. The largest absolute Gasteiger partial charge is 0.368 e. The highest BCUT2D eigenvalue weighted by molar-refractivity contribution is 5.94. The highest BCUT2D eigenvalue weighted by atomic mass is 19.1. The van der Waals surface area contributed by atoms with Crippen molar-refractivity contribution in [2.75, 3.05) is 37.6 Å². The molecule has 2 aromatic rings. The molecule has 0 spiro atoms. The molecule has 0 radical (unpaired) electrons. The number of aromatic nitrogens is 1. The molecule has 1 aromatic carbocycles. The van der Waals surface area contributed by atoms with E-state index in [0.717, 1.165) is 30.9 Å². The van der Waals surface area contributed by atoms with E-state index in [0.29, 0.717) is 19.2 Å². The van der Waals surface area contributed by atoms with E-state index in [9.17, 15) is 18.4 Å². The monoisotopic (exact) mass is 374 g/mol. The second kappa shape index (κ2) is 8.57. The highest BCUT2D eigenvalue weighted by Gasteiger charge is 2.21. The van der Waals surface area contributed by atoms with Gasteiger partial charge in [0.15, 0.2) is 0 Å². The molecule has 27 heavy (non-hydrogen) atoms. The van der Waals surface area contributed by atoms with Crippen LogP contribution in [0.5, 0.6) is 0 Å². The Balaban J connectivity index is 1.43. The minimum absolute atomic E-state index is 0.0655. The molecule has 1 N–H and O–H groups in total. The second-order valence-electron chi connectivity index (χ2n) is 6.20. The Morgan fingerprint density at radius 3 is 2.41 bits per heavy atom. The molecule has 2 amide bonds. The van der Waals surface area contributed by atoms with Crippen LogP contribution in [-0.4, -0.2) is 54.4 Å². The number of hydrogen-bond donors (Lipinski definition) is 1. The van der Waals surface area contributed by atoms with E-state index in [1.54, 1.807) is 17.3 Å². The van der Waals surface area contributed by atoms with Crippen molar-refractivity contribution in [3.8, 4) is 0 Å². The van der Waals surface area contributed by atoms with E-state index in [4.69, 9.17) is 0 Å². The fourth-order valence-electron chi connectivity index (χ4n) is 2.98. The van der Waals surface area contributed by atoms with E-state index < -0.39 is 17.5 Å². The van der Waals surface area contributed by atoms with E-state index in [-0.39, 0.29) is 24.4 Å². The van der Waals surface area contributed by atoms with Crippen molar-refractivity contribution in [1.29, 1.82) is 0 Å². The maximum Gasteiger partial charge on any atom is 0.254 e. The number of pyridine rings is 1. The number of amides is 2. The van der Waals surface area contributed by atoms with Gasteiger partial charge in [-0.15, -0.1) is 0 Å². The van der Waals surface area contributed by atoms with Crippen LogP contribution in [0.1, 0.15) is 16.8 Å². The molecule has 1 aliphatic heterocycles. The third-order valence-electron chi connectivity index (χ3n) is 4.46. The molecule has 8 heteroatoms. The standard InChI is InChI=1S/C19H20F2N4O2/c20-14-1-2-16(17(21)13-14)19(27)23-8-5-18(26)25-11-9-24(10-12-25)15-3-6-22-7-4-15/h1-4,6-7,13H,5,8-12H2,(H,23,27). The van der Waals surface area contributed by atoms with Crippen LogP contribution in [0, 0.1) is 11.6 Å². The number of hydrogen-bond acceptors (Lipinski definition) is 4. The summed E-state index contributed by atoms with van der Waals surface area (Å²) in [7, 11) is 0. The molecule has 3 rings (SSSR count). The molecule has 1 aliphatic rings. The summed E-state index contributed by atoms with van der Waals surface area (Å²) in [6.45, 7) is 2.74. The molecule has 1 saturated heterocycles. The van der Waals surface area contributed by atoms with Gasteiger partial charge in [0.1, 0.15) is 11.6 Å². The summed E-state index contributed by atoms with van der Waals surface area (Å²) in [6.07, 6.45) is 3.60. The van der Waals surface area contributed by atoms with E-state index in [1.165, 1.54) is 0 Å². The van der Waals surface area contributed by atoms with Crippen LogP contribution in [-0.2, 0) is 4.79 Å². The van der Waals surface area contributed by atoms with E-state index in [2.05, 4.69) is 15.2 Å². The lowest BCUT2D eigenvalue weighted by Crippen LogP contribution is -2.49. The van der Waals surface area contributed by atoms with Crippen LogP contribution < -0.4 is 10.2 Å². The second-order valence-corrected chi connectivity index (χ2v) is 6.20. The number of rotatable bonds is 5. The van der Waals surface area contributed by atoms with Crippen molar-refractivity contribution in [2.24, 2.45) is 0 Å². The van der Waals surface area contributed by atoms with Crippen LogP contribution in [0.2, 0.25) is 0 Å². The Bertz CT molecular complexity index is 809. The van der Waals surface area contributed by atoms with Gasteiger partial charge in [0, 0.05) is 63.3 Å². The van der Waals surface area contributed by atoms with Gasteiger partial charge in [0.05, 0.1) is 5.56 Å². The molecular weight excluding hydrogens is 354 g/mol. The Morgan fingerprint density at radius 2 is 1.74 bits per heavy atom. The summed E-state index contributed by atoms with van der Waals surface area (Å²) < 4.78 is 26.5. The van der Waals surface area contributed by atoms with Gasteiger partial charge in [-0.3, -0.25) is 14.6 Å². The molecule has 0 bridgehead atoms. The number of carbonyl (C=O) groups excluding carboxylic acids is 2. The Morgan fingerprint density at radius 1 is 1.04 bits per heavy atom. The lowest BCUT2D eigenvalue weighted by molar-refractivity contribution is -0.131. The summed E-state index contributed by atoms with van der Waals surface area (Å²) in [5.74, 6) is -2.40. The predicted molar refractivity (Wildman–Crippen MR) is 96.3 cm³/mol. The van der Waals surface area contributed by atoms with Gasteiger partial charge in [-0.1, -0.05) is 0 Å². The minimum Gasteiger partial charge on any atom is -0.368 e. The smallest absolute Gasteiger partial charge is 0.254 e. The molecule has 6 nitrogen and oxygen atoms in total. The molecule has 0 aliphatic carbocycles. The van der Waals surface area contributed by atoms with Crippen molar-refractivity contribution in [2.45, 2.75) is 6.42 Å². The number of piperazine rings is 1. The van der Waals surface area contributed by atoms with Crippen molar-refractivity contribution in [3.05, 3.63) is 59.9 Å². The highest BCUT2D eigenvalue weighted by Crippen LogP contribution is 2.15. The van der Waals surface area contributed by atoms with Crippen LogP contribution in [0.15, 0.2) is 42.7 Å². The molecule has 1 fully saturated rings. The summed E-state index contributed by atoms with van der Waals surface area (Å²) in [6, 6.07) is 6.62. The zero-order valence-electron chi connectivity index (χ0n) is 14.7. The number of anilines is 1. The van der Waals surface area contributed by atoms with Gasteiger partial charge in [0.2, 0.25) is 5.91 Å². The van der Waals surface area contributed by atoms with Gasteiger partial charge in [-0.25, -0.2) is 8.78 Å². The zero-order chi connectivity index (χ0) is 19.2. The first-order valence-electron chi connectivity index (χ1n) is 8.70. The zero-order valence-corrected chi connectivity index (χ0v) is 14.7. The molecule has 0 unspecified atom stereocenters. The first-order valence-corrected chi connectivity index (χ1v) is 8.70. The maximum atomic E-state index is 13.6. The van der Waals surface area contributed by atoms with Gasteiger partial charge in [-0.05, 0) is 24.3 Å². The van der Waals surface area contributed by atoms with Gasteiger partial charge >= 0.3 is 0 Å². The van der Waals surface area contributed by atoms with Crippen molar-refractivity contribution in [1.82, 2.24) is 15.2 Å². The fourth-order valence-corrected chi connectivity index (χ4v) is 2.98. The molecule has 0 atom stereocenters. The molecular formula is C19H20F2N4O2. The number of nitrogens with zero attached hydrogens (tertiary/aromatic N) is 3. The first kappa shape index (κ1) is 18.8. The Hall–Kier alpha value is -3.03. The SMILES string of the molecule is O=C(NCCC(=O)N1CCN(c2ccncc2)CC1)c1ccc(F)cc1F. The summed E-state index contributed by atoms with van der Waals surface area (Å²) in [4.78, 5) is 32.2. The predicted octanol–water partition coefficient (Wildman–Crippen LogP) is 1.83. The molecule has 0 saturated carbocycles. The maximum absolute atomic E-state index is 13.6. The number of nitrogens with one attached hydrogen (secondary N) is 1. The average molecular weight is 374 g/mol. The van der Waals surface area contributed by atoms with Crippen molar-refractivity contribution < 1.29 is 18.4 Å². The van der Waals surface area contributed by atoms with Crippen LogP contribution in [0.25, 0.3) is 0 Å². The topological polar surface area (TPSA) is 65.5 Å². The third-order valence-corrected chi connectivity index (χ3v) is 4.46. The Labute approximate surface area is 155 Å². The van der Waals surface area contributed by atoms with Gasteiger partial charge in [-0.2, -0.15) is 0 Å². The van der Waals surface area contributed by atoms with E-state index >= 15 is 0 Å². The minimum atomic E-state index is -0.925. The lowest BCUT2D eigenvalue weighted by Gasteiger charge is -2.36. The van der Waals surface area contributed by atoms with Crippen LogP contribution in [0.3, 0.4) is 0 Å². The number of benzene rings is 1. The lowest BCUT2D eigenvalue weighted by atomic mass is 10.2. The summed E-state index contributed by atoms with van der Waals surface area (Å²) in [5.41, 5.74) is 0.834. The van der Waals surface area contributed by atoms with Gasteiger partial charge in [0.25, 0.3) is 5.91 Å². The summed E-state index contributed by atoms with van der Waals surface area (Å²) >= 11 is 0. The third kappa shape index (κ3) is 4.78. The molecule has 142 valence electrons. The number of halogens is 2. The fraction of sp³-hybridized carbons (Fsp3) is 0.316. The van der Waals surface area contributed by atoms with Crippen LogP contribution >= 0.6 is 0 Å². The normalized spacial score (nSPS) is 14.1. The molecule has 2 heterocycles. The average Bonchev–Trinajstić information content (AvgIpc) is 2.68. The first-order chi connectivity index (χ1) is 13.0. The van der Waals surface area contributed by atoms with Crippen molar-refractivity contribution >= 4 is 17.5 Å². The molecule has 1 aromatic heterocycles. The van der Waals surface area contributed by atoms with Crippen molar-refractivity contribution in [3.63, 3.8) is 0 Å². The van der Waals surface area contributed by atoms with Crippen LogP contribution in [0.4, 0.5) is 14.5 Å². The van der Waals surface area contributed by atoms with Gasteiger partial charge < -0.3 is 15.1 Å². The number of carbonyl (C=O) groups is 2. The quantitative estimate of drug-likeness (QED) is 0.867. The Kier molecular flexibility index (Phi) is 5.95. The van der Waals surface area contributed by atoms with E-state index in [1.807, 2.05) is 12.1 Å².